The number of phenolic OH excluding ortho intramolecular Hbond substituents is 1. The molecule has 8 nitrogen and oxygen atoms in total. The maximum absolute atomic E-state index is 14.4. The first-order valence-corrected chi connectivity index (χ1v) is 14.3. The van der Waals surface area contributed by atoms with E-state index < -0.39 is 23.8 Å². The number of hydrogen-bond acceptors (Lipinski definition) is 5. The van der Waals surface area contributed by atoms with E-state index in [1.165, 1.54) is 0 Å². The van der Waals surface area contributed by atoms with Gasteiger partial charge in [0.1, 0.15) is 23.4 Å². The Bertz CT molecular complexity index is 1100. The van der Waals surface area contributed by atoms with Crippen molar-refractivity contribution < 1.29 is 24.2 Å². The van der Waals surface area contributed by atoms with Gasteiger partial charge in [-0.25, -0.2) is 4.79 Å². The summed E-state index contributed by atoms with van der Waals surface area (Å²) in [7, 11) is 0. The van der Waals surface area contributed by atoms with Crippen LogP contribution in [0.4, 0.5) is 4.79 Å². The fourth-order valence-electron chi connectivity index (χ4n) is 4.58. The van der Waals surface area contributed by atoms with E-state index in [0.29, 0.717) is 19.5 Å². The van der Waals surface area contributed by atoms with Crippen LogP contribution in [0.1, 0.15) is 88.6 Å². The van der Waals surface area contributed by atoms with Gasteiger partial charge in [0.15, 0.2) is 0 Å². The normalized spacial score (nSPS) is 12.8. The van der Waals surface area contributed by atoms with E-state index >= 15 is 0 Å². The van der Waals surface area contributed by atoms with E-state index in [1.807, 2.05) is 39.0 Å². The number of carbonyl (C=O) groups excluding carboxylic acids is 3. The van der Waals surface area contributed by atoms with Gasteiger partial charge in [0.05, 0.1) is 0 Å². The predicted molar refractivity (Wildman–Crippen MR) is 158 cm³/mol. The van der Waals surface area contributed by atoms with Gasteiger partial charge in [-0.05, 0) is 81.8 Å². The second kappa shape index (κ2) is 15.3. The average Bonchev–Trinajstić information content (AvgIpc) is 2.87. The van der Waals surface area contributed by atoms with Crippen molar-refractivity contribution in [2.45, 2.75) is 98.3 Å². The first kappa shape index (κ1) is 32.7. The van der Waals surface area contributed by atoms with Crippen LogP contribution in [0.3, 0.4) is 0 Å². The minimum atomic E-state index is -0.994. The van der Waals surface area contributed by atoms with Crippen LogP contribution in [-0.2, 0) is 20.7 Å². The van der Waals surface area contributed by atoms with Crippen molar-refractivity contribution in [1.29, 1.82) is 0 Å². The van der Waals surface area contributed by atoms with E-state index in [-0.39, 0.29) is 24.0 Å². The van der Waals surface area contributed by atoms with Gasteiger partial charge in [0.2, 0.25) is 11.8 Å². The third kappa shape index (κ3) is 9.88. The molecule has 40 heavy (non-hydrogen) atoms. The Labute approximate surface area is 239 Å². The van der Waals surface area contributed by atoms with E-state index in [9.17, 15) is 19.5 Å². The molecule has 3 amide bonds. The van der Waals surface area contributed by atoms with Gasteiger partial charge in [-0.15, -0.1) is 0 Å². The molecule has 0 saturated carbocycles. The molecule has 2 atom stereocenters. The summed E-state index contributed by atoms with van der Waals surface area (Å²) in [5, 5.41) is 15.6. The lowest BCUT2D eigenvalue weighted by Crippen LogP contribution is -2.54. The molecule has 2 unspecified atom stereocenters. The molecule has 0 spiro atoms. The summed E-state index contributed by atoms with van der Waals surface area (Å²) in [4.78, 5) is 42.7. The first-order chi connectivity index (χ1) is 18.9. The molecule has 0 aliphatic rings. The highest BCUT2D eigenvalue weighted by molar-refractivity contribution is 5.92. The maximum atomic E-state index is 14.4. The second-order valence-electron chi connectivity index (χ2n) is 11.3. The molecular weight excluding hydrogens is 506 g/mol. The summed E-state index contributed by atoms with van der Waals surface area (Å²) in [6.45, 7) is 14.1. The topological polar surface area (TPSA) is 108 Å². The Morgan fingerprint density at radius 1 is 0.950 bits per heavy atom. The average molecular weight is 554 g/mol. The fourth-order valence-corrected chi connectivity index (χ4v) is 4.58. The molecule has 2 aromatic carbocycles. The molecule has 8 heteroatoms. The number of nitrogens with one attached hydrogen (secondary N) is 2. The number of amides is 3. The Kier molecular flexibility index (Phi) is 12.5. The number of nitrogens with zero attached hydrogens (tertiary/aromatic N) is 1. The van der Waals surface area contributed by atoms with Crippen molar-refractivity contribution in [2.24, 2.45) is 0 Å². The standard InChI is InChI=1S/C32H47N3O5/c1-8-10-19-33-29(37)28(27-22(3)13-12-14-23(27)4)35(20-11-9-2)30(38)26(34-31(39)40-32(5,6)7)21-24-15-17-25(36)18-16-24/h12-18,26,28,36H,8-11,19-21H2,1-7H3,(H,33,37)(H,34,39). The minimum absolute atomic E-state index is 0.107. The molecule has 2 rings (SSSR count). The molecule has 0 aromatic heterocycles. The smallest absolute Gasteiger partial charge is 0.408 e. The maximum Gasteiger partial charge on any atom is 0.408 e. The number of ether oxygens (including phenoxy) is 1. The number of aromatic hydroxyl groups is 1. The molecular formula is C32H47N3O5. The first-order valence-electron chi connectivity index (χ1n) is 14.3. The number of unbranched alkanes of at least 4 members (excludes halogenated alkanes) is 2. The lowest BCUT2D eigenvalue weighted by Gasteiger charge is -2.36. The van der Waals surface area contributed by atoms with Gasteiger partial charge in [-0.1, -0.05) is 57.0 Å². The van der Waals surface area contributed by atoms with E-state index in [4.69, 9.17) is 4.74 Å². The number of aryl methyl sites for hydroxylation is 2. The van der Waals surface area contributed by atoms with Crippen LogP contribution < -0.4 is 10.6 Å². The van der Waals surface area contributed by atoms with E-state index in [2.05, 4.69) is 17.6 Å². The summed E-state index contributed by atoms with van der Waals surface area (Å²) < 4.78 is 5.49. The van der Waals surface area contributed by atoms with E-state index in [1.54, 1.807) is 49.9 Å². The van der Waals surface area contributed by atoms with Crippen LogP contribution >= 0.6 is 0 Å². The molecule has 220 valence electrons. The van der Waals surface area contributed by atoms with Crippen LogP contribution in [0.5, 0.6) is 5.75 Å². The zero-order chi connectivity index (χ0) is 29.9. The third-order valence-corrected chi connectivity index (χ3v) is 6.61. The lowest BCUT2D eigenvalue weighted by atomic mass is 9.93. The van der Waals surface area contributed by atoms with Crippen molar-refractivity contribution >= 4 is 17.9 Å². The Morgan fingerprint density at radius 2 is 1.55 bits per heavy atom. The van der Waals surface area contributed by atoms with Gasteiger partial charge >= 0.3 is 6.09 Å². The van der Waals surface area contributed by atoms with Crippen molar-refractivity contribution in [3.8, 4) is 5.75 Å². The number of hydrogen-bond donors (Lipinski definition) is 3. The molecule has 0 aliphatic carbocycles. The van der Waals surface area contributed by atoms with Gasteiger partial charge < -0.3 is 25.4 Å². The quantitative estimate of drug-likeness (QED) is 0.275. The zero-order valence-corrected chi connectivity index (χ0v) is 25.2. The number of alkyl carbamates (subject to hydrolysis) is 1. The number of phenols is 1. The molecule has 2 aromatic rings. The lowest BCUT2D eigenvalue weighted by molar-refractivity contribution is -0.142. The van der Waals surface area contributed by atoms with Crippen molar-refractivity contribution in [1.82, 2.24) is 15.5 Å². The van der Waals surface area contributed by atoms with Crippen LogP contribution in [0.2, 0.25) is 0 Å². The Hall–Kier alpha value is -3.55. The van der Waals surface area contributed by atoms with Crippen LogP contribution in [-0.4, -0.2) is 52.6 Å². The Balaban J connectivity index is 2.58. The van der Waals surface area contributed by atoms with E-state index in [0.717, 1.165) is 41.5 Å². The molecule has 0 aliphatic heterocycles. The second-order valence-corrected chi connectivity index (χ2v) is 11.3. The highest BCUT2D eigenvalue weighted by Gasteiger charge is 2.37. The van der Waals surface area contributed by atoms with Crippen molar-refractivity contribution in [3.05, 3.63) is 64.7 Å². The summed E-state index contributed by atoms with van der Waals surface area (Å²) >= 11 is 0. The molecule has 0 fully saturated rings. The van der Waals surface area contributed by atoms with Gasteiger partial charge in [0, 0.05) is 19.5 Å². The predicted octanol–water partition coefficient (Wildman–Crippen LogP) is 5.73. The van der Waals surface area contributed by atoms with Crippen molar-refractivity contribution in [2.75, 3.05) is 13.1 Å². The molecule has 3 N–H and O–H groups in total. The summed E-state index contributed by atoms with van der Waals surface area (Å²) in [6, 6.07) is 10.5. The number of carbonyl (C=O) groups is 3. The van der Waals surface area contributed by atoms with Crippen LogP contribution in [0, 0.1) is 13.8 Å². The van der Waals surface area contributed by atoms with Gasteiger partial charge in [0.25, 0.3) is 0 Å². The number of rotatable bonds is 13. The highest BCUT2D eigenvalue weighted by Crippen LogP contribution is 2.29. The van der Waals surface area contributed by atoms with Gasteiger partial charge in [-0.3, -0.25) is 9.59 Å². The molecule has 0 saturated heterocycles. The zero-order valence-electron chi connectivity index (χ0n) is 25.2. The number of benzene rings is 2. The summed E-state index contributed by atoms with van der Waals surface area (Å²) in [5.41, 5.74) is 2.62. The highest BCUT2D eigenvalue weighted by atomic mass is 16.6. The molecule has 0 radical (unpaired) electrons. The largest absolute Gasteiger partial charge is 0.508 e. The minimum Gasteiger partial charge on any atom is -0.508 e. The summed E-state index contributed by atoms with van der Waals surface area (Å²) in [5.74, 6) is -0.503. The molecule has 0 bridgehead atoms. The van der Waals surface area contributed by atoms with Crippen LogP contribution in [0.15, 0.2) is 42.5 Å². The fraction of sp³-hybridized carbons (Fsp3) is 0.531. The third-order valence-electron chi connectivity index (χ3n) is 6.61. The Morgan fingerprint density at radius 3 is 2.10 bits per heavy atom. The summed E-state index contributed by atoms with van der Waals surface area (Å²) in [6.07, 6.45) is 2.73. The van der Waals surface area contributed by atoms with Crippen molar-refractivity contribution in [3.63, 3.8) is 0 Å². The SMILES string of the molecule is CCCCNC(=O)C(c1c(C)cccc1C)N(CCCC)C(=O)C(Cc1ccc(O)cc1)NC(=O)OC(C)(C)C. The monoisotopic (exact) mass is 553 g/mol. The van der Waals surface area contributed by atoms with Crippen LogP contribution in [0.25, 0.3) is 0 Å². The molecule has 0 heterocycles. The van der Waals surface area contributed by atoms with Gasteiger partial charge in [-0.2, -0.15) is 0 Å².